The zero-order valence-corrected chi connectivity index (χ0v) is 14.0. The van der Waals surface area contributed by atoms with Gasteiger partial charge in [-0.2, -0.15) is 0 Å². The van der Waals surface area contributed by atoms with Crippen molar-refractivity contribution in [2.45, 2.75) is 51.2 Å². The van der Waals surface area contributed by atoms with Crippen molar-refractivity contribution < 1.29 is 34.2 Å². The summed E-state index contributed by atoms with van der Waals surface area (Å²) in [5.74, 6) is -5.86. The molecular weight excluding hydrogens is 336 g/mol. The quantitative estimate of drug-likeness (QED) is 0.237. The Labute approximate surface area is 144 Å². The first-order chi connectivity index (χ1) is 11.5. The van der Waals surface area contributed by atoms with Crippen LogP contribution in [-0.4, -0.2) is 58.0 Å². The Bertz CT molecular complexity index is 537. The molecule has 0 bridgehead atoms. The maximum absolute atomic E-state index is 12.2. The smallest absolute Gasteiger partial charge is 0.326 e. The average Bonchev–Trinajstić information content (AvgIpc) is 2.49. The Kier molecular flexibility index (Phi) is 9.13. The van der Waals surface area contributed by atoms with Crippen molar-refractivity contribution in [2.75, 3.05) is 0 Å². The normalized spacial score (nSPS) is 15.3. The van der Waals surface area contributed by atoms with Gasteiger partial charge in [-0.1, -0.05) is 20.3 Å². The summed E-state index contributed by atoms with van der Waals surface area (Å²) in [7, 11) is 0. The number of hydrogen-bond acceptors (Lipinski definition) is 6. The number of carbonyl (C=O) groups is 5. The number of carboxylic acid groups (broad SMARTS) is 2. The lowest BCUT2D eigenvalue weighted by Crippen LogP contribution is -2.56. The maximum atomic E-state index is 12.2. The molecule has 3 amide bonds. The van der Waals surface area contributed by atoms with Crippen molar-refractivity contribution in [1.82, 2.24) is 10.6 Å². The molecule has 142 valence electrons. The third-order valence-electron chi connectivity index (χ3n) is 3.55. The van der Waals surface area contributed by atoms with Gasteiger partial charge in [-0.3, -0.25) is 19.2 Å². The van der Waals surface area contributed by atoms with Gasteiger partial charge in [0.1, 0.15) is 12.1 Å². The van der Waals surface area contributed by atoms with E-state index in [2.05, 4.69) is 10.6 Å². The van der Waals surface area contributed by atoms with Crippen LogP contribution in [0.5, 0.6) is 0 Å². The molecule has 0 aromatic rings. The van der Waals surface area contributed by atoms with Crippen LogP contribution in [0.3, 0.4) is 0 Å². The molecule has 0 unspecified atom stereocenters. The van der Waals surface area contributed by atoms with Gasteiger partial charge in [0.15, 0.2) is 0 Å². The third-order valence-corrected chi connectivity index (χ3v) is 3.55. The molecule has 0 aromatic heterocycles. The maximum Gasteiger partial charge on any atom is 0.326 e. The molecule has 0 aliphatic carbocycles. The molecule has 0 saturated carbocycles. The van der Waals surface area contributed by atoms with Gasteiger partial charge in [-0.05, 0) is 5.92 Å². The zero-order chi connectivity index (χ0) is 19.7. The Morgan fingerprint density at radius 1 is 1.00 bits per heavy atom. The molecule has 25 heavy (non-hydrogen) atoms. The van der Waals surface area contributed by atoms with Gasteiger partial charge < -0.3 is 32.3 Å². The van der Waals surface area contributed by atoms with Crippen LogP contribution in [0.1, 0.15) is 33.1 Å². The zero-order valence-electron chi connectivity index (χ0n) is 14.0. The molecule has 11 heteroatoms. The Hall–Kier alpha value is -2.69. The Morgan fingerprint density at radius 2 is 1.56 bits per heavy atom. The van der Waals surface area contributed by atoms with E-state index in [0.29, 0.717) is 6.42 Å². The molecule has 0 aliphatic heterocycles. The molecule has 4 atom stereocenters. The topological polar surface area (TPSA) is 202 Å². The van der Waals surface area contributed by atoms with E-state index >= 15 is 0 Å². The fraction of sp³-hybridized carbons (Fsp3) is 0.643. The number of carbonyl (C=O) groups excluding carboxylic acids is 3. The number of amides is 3. The van der Waals surface area contributed by atoms with Gasteiger partial charge in [0.25, 0.3) is 0 Å². The lowest BCUT2D eigenvalue weighted by atomic mass is 9.98. The largest absolute Gasteiger partial charge is 0.481 e. The molecule has 0 heterocycles. The first-order valence-corrected chi connectivity index (χ1v) is 7.58. The third kappa shape index (κ3) is 8.11. The molecule has 0 radical (unpaired) electrons. The van der Waals surface area contributed by atoms with Crippen LogP contribution < -0.4 is 22.1 Å². The summed E-state index contributed by atoms with van der Waals surface area (Å²) in [6, 6.07) is -4.15. The minimum Gasteiger partial charge on any atom is -0.481 e. The van der Waals surface area contributed by atoms with Crippen LogP contribution in [0.25, 0.3) is 0 Å². The summed E-state index contributed by atoms with van der Waals surface area (Å²) >= 11 is 0. The van der Waals surface area contributed by atoms with Crippen molar-refractivity contribution in [3.05, 3.63) is 0 Å². The van der Waals surface area contributed by atoms with Crippen molar-refractivity contribution in [1.29, 1.82) is 0 Å². The molecule has 0 spiro atoms. The number of primary amides is 1. The van der Waals surface area contributed by atoms with E-state index in [1.807, 2.05) is 0 Å². The van der Waals surface area contributed by atoms with Gasteiger partial charge in [-0.25, -0.2) is 4.79 Å². The summed E-state index contributed by atoms with van der Waals surface area (Å²) in [6.07, 6.45) is -0.817. The minimum absolute atomic E-state index is 0.417. The van der Waals surface area contributed by atoms with Gasteiger partial charge >= 0.3 is 11.9 Å². The second-order valence-electron chi connectivity index (χ2n) is 5.65. The van der Waals surface area contributed by atoms with Gasteiger partial charge in [0.05, 0.1) is 18.9 Å². The van der Waals surface area contributed by atoms with E-state index in [-0.39, 0.29) is 0 Å². The number of aliphatic carboxylic acids is 2. The fourth-order valence-corrected chi connectivity index (χ4v) is 1.91. The highest BCUT2D eigenvalue weighted by Crippen LogP contribution is 2.09. The number of nitrogens with two attached hydrogens (primary N) is 2. The minimum atomic E-state index is -1.55. The summed E-state index contributed by atoms with van der Waals surface area (Å²) in [4.78, 5) is 57.0. The lowest BCUT2D eigenvalue weighted by Gasteiger charge is -2.24. The van der Waals surface area contributed by atoms with Gasteiger partial charge in [0.2, 0.25) is 17.7 Å². The standard InChI is InChI=1S/C14H24N4O7/c1-3-6(2)11(14(24)25)18-13(23)8(5-10(20)21)17-12(22)7(15)4-9(16)19/h6-8,11H,3-5,15H2,1-2H3,(H2,16,19)(H,17,22)(H,18,23)(H,20,21)(H,24,25)/t6-,7-,8-,11-/m0/s1. The van der Waals surface area contributed by atoms with Crippen molar-refractivity contribution in [3.8, 4) is 0 Å². The van der Waals surface area contributed by atoms with Crippen LogP contribution >= 0.6 is 0 Å². The van der Waals surface area contributed by atoms with E-state index in [4.69, 9.17) is 21.7 Å². The van der Waals surface area contributed by atoms with Gasteiger partial charge in [0, 0.05) is 0 Å². The number of carboxylic acids is 2. The van der Waals surface area contributed by atoms with Gasteiger partial charge in [-0.15, -0.1) is 0 Å². The average molecular weight is 360 g/mol. The number of rotatable bonds is 11. The predicted octanol–water partition coefficient (Wildman–Crippen LogP) is -2.24. The van der Waals surface area contributed by atoms with E-state index < -0.39 is 66.5 Å². The summed E-state index contributed by atoms with van der Waals surface area (Å²) in [5, 5.41) is 22.3. The van der Waals surface area contributed by atoms with E-state index in [1.54, 1.807) is 13.8 Å². The fourth-order valence-electron chi connectivity index (χ4n) is 1.91. The molecule has 0 rings (SSSR count). The molecule has 8 N–H and O–H groups in total. The van der Waals surface area contributed by atoms with Crippen LogP contribution in [0, 0.1) is 5.92 Å². The van der Waals surface area contributed by atoms with E-state index in [9.17, 15) is 24.0 Å². The number of nitrogens with one attached hydrogen (secondary N) is 2. The predicted molar refractivity (Wildman–Crippen MR) is 85.0 cm³/mol. The van der Waals surface area contributed by atoms with Crippen LogP contribution in [0.4, 0.5) is 0 Å². The van der Waals surface area contributed by atoms with Crippen LogP contribution in [0.2, 0.25) is 0 Å². The second kappa shape index (κ2) is 10.2. The van der Waals surface area contributed by atoms with E-state index in [1.165, 1.54) is 0 Å². The van der Waals surface area contributed by atoms with E-state index in [0.717, 1.165) is 0 Å². The highest BCUT2D eigenvalue weighted by Gasteiger charge is 2.31. The summed E-state index contributed by atoms with van der Waals surface area (Å²) < 4.78 is 0. The summed E-state index contributed by atoms with van der Waals surface area (Å²) in [6.45, 7) is 3.33. The summed E-state index contributed by atoms with van der Waals surface area (Å²) in [5.41, 5.74) is 10.3. The number of hydrogen-bond donors (Lipinski definition) is 6. The molecular formula is C14H24N4O7. The lowest BCUT2D eigenvalue weighted by molar-refractivity contribution is -0.144. The molecule has 0 fully saturated rings. The first kappa shape index (κ1) is 22.3. The Morgan fingerprint density at radius 3 is 1.96 bits per heavy atom. The first-order valence-electron chi connectivity index (χ1n) is 7.58. The van der Waals surface area contributed by atoms with Crippen LogP contribution in [-0.2, 0) is 24.0 Å². The molecule has 0 aliphatic rings. The Balaban J connectivity index is 5.14. The second-order valence-corrected chi connectivity index (χ2v) is 5.65. The SMILES string of the molecule is CC[C@H](C)[C@H](NC(=O)[C@H](CC(=O)O)NC(=O)[C@@H](N)CC(N)=O)C(=O)O. The van der Waals surface area contributed by atoms with Crippen LogP contribution in [0.15, 0.2) is 0 Å². The highest BCUT2D eigenvalue weighted by atomic mass is 16.4. The molecule has 0 aromatic carbocycles. The monoisotopic (exact) mass is 360 g/mol. The van der Waals surface area contributed by atoms with Crippen molar-refractivity contribution >= 4 is 29.7 Å². The van der Waals surface area contributed by atoms with Crippen molar-refractivity contribution in [2.24, 2.45) is 17.4 Å². The molecule has 0 saturated heterocycles. The highest BCUT2D eigenvalue weighted by molar-refractivity contribution is 5.95. The molecule has 11 nitrogen and oxygen atoms in total. The van der Waals surface area contributed by atoms with Crippen molar-refractivity contribution in [3.63, 3.8) is 0 Å².